The number of carbonyl (C=O) groups is 1. The molecule has 0 bridgehead atoms. The third-order valence-electron chi connectivity index (χ3n) is 6.01. The molecule has 1 atom stereocenters. The summed E-state index contributed by atoms with van der Waals surface area (Å²) in [5.41, 5.74) is 2.35. The van der Waals surface area contributed by atoms with Crippen LogP contribution in [0.15, 0.2) is 54.7 Å². The number of piperazine rings is 1. The Hall–Kier alpha value is -3.07. The summed E-state index contributed by atoms with van der Waals surface area (Å²) in [6.07, 6.45) is 3.04. The van der Waals surface area contributed by atoms with Gasteiger partial charge in [-0.05, 0) is 37.6 Å². The maximum atomic E-state index is 12.8. The van der Waals surface area contributed by atoms with Gasteiger partial charge in [-0.2, -0.15) is 0 Å². The third kappa shape index (κ3) is 7.21. The van der Waals surface area contributed by atoms with Gasteiger partial charge in [-0.3, -0.25) is 9.78 Å². The molecule has 3 heterocycles. The van der Waals surface area contributed by atoms with Crippen molar-refractivity contribution in [1.82, 2.24) is 30.5 Å². The number of hydrogen-bond acceptors (Lipinski definition) is 7. The number of aromatic nitrogens is 3. The number of rotatable bonds is 10. The van der Waals surface area contributed by atoms with Crippen LogP contribution in [0.3, 0.4) is 0 Å². The second kappa shape index (κ2) is 12.6. The van der Waals surface area contributed by atoms with E-state index in [9.17, 15) is 4.79 Å². The van der Waals surface area contributed by atoms with Crippen molar-refractivity contribution < 1.29 is 4.79 Å². The van der Waals surface area contributed by atoms with Crippen molar-refractivity contribution in [2.24, 2.45) is 0 Å². The number of hydrogen-bond donors (Lipinski definition) is 3. The number of nitrogens with zero attached hydrogens (tertiary/aromatic N) is 4. The van der Waals surface area contributed by atoms with Crippen LogP contribution in [-0.4, -0.2) is 65.0 Å². The Morgan fingerprint density at radius 2 is 1.89 bits per heavy atom. The molecule has 1 aromatic carbocycles. The molecular formula is C26H32ClN7O. The quantitative estimate of drug-likeness (QED) is 0.398. The lowest BCUT2D eigenvalue weighted by Crippen LogP contribution is -2.44. The molecule has 1 saturated heterocycles. The van der Waals surface area contributed by atoms with Crippen molar-refractivity contribution in [2.75, 3.05) is 44.6 Å². The number of carbonyl (C=O) groups excluding carboxylic acids is 1. The summed E-state index contributed by atoms with van der Waals surface area (Å²) in [7, 11) is 0. The number of benzene rings is 1. The summed E-state index contributed by atoms with van der Waals surface area (Å²) < 4.78 is 0. The Labute approximate surface area is 211 Å². The monoisotopic (exact) mass is 493 g/mol. The second-order valence-electron chi connectivity index (χ2n) is 8.62. The van der Waals surface area contributed by atoms with E-state index in [1.54, 1.807) is 6.20 Å². The van der Waals surface area contributed by atoms with Crippen LogP contribution < -0.4 is 16.0 Å². The molecule has 3 aromatic rings. The van der Waals surface area contributed by atoms with E-state index in [0.717, 1.165) is 44.7 Å². The van der Waals surface area contributed by atoms with Crippen molar-refractivity contribution in [2.45, 2.75) is 25.8 Å². The molecule has 35 heavy (non-hydrogen) atoms. The normalized spacial score (nSPS) is 14.9. The molecule has 1 amide bonds. The van der Waals surface area contributed by atoms with E-state index in [1.807, 2.05) is 55.5 Å². The minimum atomic E-state index is -0.229. The first-order valence-corrected chi connectivity index (χ1v) is 12.4. The zero-order valence-electron chi connectivity index (χ0n) is 20.0. The lowest BCUT2D eigenvalue weighted by molar-refractivity contribution is -0.121. The maximum Gasteiger partial charge on any atom is 0.220 e. The Balaban J connectivity index is 1.41. The van der Waals surface area contributed by atoms with E-state index in [4.69, 9.17) is 11.6 Å². The van der Waals surface area contributed by atoms with Crippen LogP contribution >= 0.6 is 11.6 Å². The van der Waals surface area contributed by atoms with E-state index in [1.165, 1.54) is 0 Å². The summed E-state index contributed by atoms with van der Waals surface area (Å²) in [6.45, 7) is 7.33. The number of amides is 1. The fourth-order valence-corrected chi connectivity index (χ4v) is 4.24. The van der Waals surface area contributed by atoms with Gasteiger partial charge in [0, 0.05) is 45.3 Å². The van der Waals surface area contributed by atoms with Gasteiger partial charge < -0.3 is 20.9 Å². The topological polar surface area (TPSA) is 95.1 Å². The zero-order valence-corrected chi connectivity index (χ0v) is 20.8. The van der Waals surface area contributed by atoms with Gasteiger partial charge in [-0.1, -0.05) is 48.0 Å². The average molecular weight is 494 g/mol. The van der Waals surface area contributed by atoms with Crippen LogP contribution in [0.4, 0.5) is 5.82 Å². The Morgan fingerprint density at radius 1 is 1.11 bits per heavy atom. The van der Waals surface area contributed by atoms with Gasteiger partial charge >= 0.3 is 0 Å². The predicted octanol–water partition coefficient (Wildman–Crippen LogP) is 3.46. The number of halogens is 1. The van der Waals surface area contributed by atoms with Crippen LogP contribution in [0, 0.1) is 6.92 Å². The lowest BCUT2D eigenvalue weighted by atomic mass is 10.1. The van der Waals surface area contributed by atoms with Gasteiger partial charge in [0.15, 0.2) is 5.82 Å². The van der Waals surface area contributed by atoms with Gasteiger partial charge in [0.2, 0.25) is 5.91 Å². The Kier molecular flexibility index (Phi) is 9.00. The van der Waals surface area contributed by atoms with Crippen molar-refractivity contribution in [1.29, 1.82) is 0 Å². The molecule has 0 saturated carbocycles. The standard InChI is InChI=1S/C26H32ClN7O/c1-19-24(27)26(33-25(31-19)21-10-5-6-12-29-21)30-18-22(20-8-3-2-4-9-20)32-23(35)11-7-15-34-16-13-28-14-17-34/h2-6,8-10,12,22,28H,7,11,13-18H2,1H3,(H,32,35)(H,30,31,33)/t22-/m0/s1. The molecule has 1 fully saturated rings. The molecule has 3 N–H and O–H groups in total. The highest BCUT2D eigenvalue weighted by molar-refractivity contribution is 6.33. The minimum absolute atomic E-state index is 0.0370. The van der Waals surface area contributed by atoms with Crippen molar-refractivity contribution in [3.63, 3.8) is 0 Å². The molecular weight excluding hydrogens is 462 g/mol. The predicted molar refractivity (Wildman–Crippen MR) is 139 cm³/mol. The van der Waals surface area contributed by atoms with E-state index in [2.05, 4.69) is 35.8 Å². The van der Waals surface area contributed by atoms with Gasteiger partial charge in [0.05, 0.1) is 11.7 Å². The molecule has 184 valence electrons. The van der Waals surface area contributed by atoms with E-state index in [0.29, 0.717) is 41.0 Å². The highest BCUT2D eigenvalue weighted by atomic mass is 35.5. The summed E-state index contributed by atoms with van der Waals surface area (Å²) in [4.78, 5) is 28.7. The van der Waals surface area contributed by atoms with Crippen molar-refractivity contribution in [3.8, 4) is 11.5 Å². The van der Waals surface area contributed by atoms with Crippen LogP contribution in [0.5, 0.6) is 0 Å². The highest BCUT2D eigenvalue weighted by Crippen LogP contribution is 2.26. The summed E-state index contributed by atoms with van der Waals surface area (Å²) in [5.74, 6) is 1.06. The molecule has 1 aliphatic rings. The van der Waals surface area contributed by atoms with Gasteiger partial charge in [0.25, 0.3) is 0 Å². The van der Waals surface area contributed by atoms with Crippen LogP contribution in [0.2, 0.25) is 5.02 Å². The number of pyridine rings is 1. The van der Waals surface area contributed by atoms with Gasteiger partial charge in [-0.15, -0.1) is 0 Å². The molecule has 0 unspecified atom stereocenters. The Bertz CT molecular complexity index is 1090. The second-order valence-corrected chi connectivity index (χ2v) is 9.00. The molecule has 0 spiro atoms. The first-order valence-electron chi connectivity index (χ1n) is 12.1. The summed E-state index contributed by atoms with van der Waals surface area (Å²) in [5, 5.41) is 10.3. The molecule has 0 radical (unpaired) electrons. The van der Waals surface area contributed by atoms with Gasteiger partial charge in [-0.25, -0.2) is 9.97 Å². The van der Waals surface area contributed by atoms with Gasteiger partial charge in [0.1, 0.15) is 16.5 Å². The number of aryl methyl sites for hydroxylation is 1. The first-order chi connectivity index (χ1) is 17.1. The van der Waals surface area contributed by atoms with E-state index < -0.39 is 0 Å². The fourth-order valence-electron chi connectivity index (χ4n) is 4.09. The highest BCUT2D eigenvalue weighted by Gasteiger charge is 2.18. The van der Waals surface area contributed by atoms with Crippen LogP contribution in [-0.2, 0) is 4.79 Å². The molecule has 0 aliphatic carbocycles. The van der Waals surface area contributed by atoms with E-state index >= 15 is 0 Å². The SMILES string of the molecule is Cc1nc(-c2ccccn2)nc(NC[C@H](NC(=O)CCCN2CCNCC2)c2ccccc2)c1Cl. The molecule has 9 heteroatoms. The van der Waals surface area contributed by atoms with E-state index in [-0.39, 0.29) is 11.9 Å². The fraction of sp³-hybridized carbons (Fsp3) is 0.385. The molecule has 2 aromatic heterocycles. The number of nitrogens with one attached hydrogen (secondary N) is 3. The van der Waals surface area contributed by atoms with Crippen molar-refractivity contribution >= 4 is 23.3 Å². The minimum Gasteiger partial charge on any atom is -0.366 e. The van der Waals surface area contributed by atoms with Crippen LogP contribution in [0.1, 0.15) is 30.1 Å². The number of anilines is 1. The summed E-state index contributed by atoms with van der Waals surface area (Å²) in [6, 6.07) is 15.3. The zero-order chi connectivity index (χ0) is 24.5. The first kappa shape index (κ1) is 25.0. The molecule has 4 rings (SSSR count). The average Bonchev–Trinajstić information content (AvgIpc) is 2.90. The summed E-state index contributed by atoms with van der Waals surface area (Å²) >= 11 is 6.53. The lowest BCUT2D eigenvalue weighted by Gasteiger charge is -2.27. The Morgan fingerprint density at radius 3 is 2.63 bits per heavy atom. The molecule has 1 aliphatic heterocycles. The van der Waals surface area contributed by atoms with Crippen molar-refractivity contribution in [3.05, 3.63) is 71.0 Å². The third-order valence-corrected chi connectivity index (χ3v) is 6.46. The largest absolute Gasteiger partial charge is 0.366 e. The maximum absolute atomic E-state index is 12.8. The van der Waals surface area contributed by atoms with Crippen LogP contribution in [0.25, 0.3) is 11.5 Å². The smallest absolute Gasteiger partial charge is 0.220 e. The molecule has 8 nitrogen and oxygen atoms in total.